The van der Waals surface area contributed by atoms with E-state index in [1.165, 1.54) is 18.9 Å². The number of methoxy groups -OCH3 is 1. The van der Waals surface area contributed by atoms with E-state index in [2.05, 4.69) is 4.99 Å². The standard InChI is InChI=1S/C17H19ClN2O5S2/c1-24-13-5-4-10(7-11(13)18)20-12-8-27(22,23)9-15(12)26-17(20)19-16(21)14-3-2-6-25-14/h4-5,7,12,14-15H,2-3,6,8-9H2,1H3/t12-,14-,15+/m0/s1. The molecule has 1 amide bonds. The number of carbonyl (C=O) groups excluding carboxylic acids is 1. The lowest BCUT2D eigenvalue weighted by molar-refractivity contribution is -0.126. The smallest absolute Gasteiger partial charge is 0.277 e. The number of anilines is 1. The van der Waals surface area contributed by atoms with Crippen molar-refractivity contribution in [1.82, 2.24) is 0 Å². The Morgan fingerprint density at radius 1 is 1.41 bits per heavy atom. The molecule has 7 nitrogen and oxygen atoms in total. The molecular formula is C17H19ClN2O5S2. The lowest BCUT2D eigenvalue weighted by Crippen LogP contribution is -2.38. The highest BCUT2D eigenvalue weighted by molar-refractivity contribution is 8.16. The number of hydrogen-bond donors (Lipinski definition) is 0. The maximum Gasteiger partial charge on any atom is 0.277 e. The molecule has 10 heteroatoms. The second-order valence-corrected chi connectivity index (χ2v) is 10.5. The number of carbonyl (C=O) groups is 1. The molecule has 0 N–H and O–H groups in total. The van der Waals surface area contributed by atoms with Gasteiger partial charge in [0.1, 0.15) is 11.9 Å². The fraction of sp³-hybridized carbons (Fsp3) is 0.529. The van der Waals surface area contributed by atoms with Gasteiger partial charge in [-0.25, -0.2) is 8.42 Å². The molecule has 0 radical (unpaired) electrons. The van der Waals surface area contributed by atoms with Crippen LogP contribution in [0.4, 0.5) is 5.69 Å². The molecule has 0 bridgehead atoms. The Kier molecular flexibility index (Phi) is 5.13. The minimum absolute atomic E-state index is 0.0292. The van der Waals surface area contributed by atoms with Gasteiger partial charge in [0, 0.05) is 17.5 Å². The number of sulfone groups is 1. The molecule has 4 rings (SSSR count). The first-order valence-corrected chi connectivity index (χ1v) is 11.7. The van der Waals surface area contributed by atoms with Gasteiger partial charge in [-0.1, -0.05) is 23.4 Å². The van der Waals surface area contributed by atoms with Crippen LogP contribution >= 0.6 is 23.4 Å². The Labute approximate surface area is 167 Å². The van der Waals surface area contributed by atoms with Crippen molar-refractivity contribution in [3.63, 3.8) is 0 Å². The molecule has 3 aliphatic heterocycles. The van der Waals surface area contributed by atoms with Crippen LogP contribution in [0.1, 0.15) is 12.8 Å². The Morgan fingerprint density at radius 3 is 2.89 bits per heavy atom. The molecule has 1 aromatic carbocycles. The minimum Gasteiger partial charge on any atom is -0.495 e. The summed E-state index contributed by atoms with van der Waals surface area (Å²) in [6.45, 7) is 0.565. The van der Waals surface area contributed by atoms with Crippen LogP contribution in [-0.2, 0) is 19.4 Å². The van der Waals surface area contributed by atoms with Crippen molar-refractivity contribution in [3.05, 3.63) is 23.2 Å². The van der Waals surface area contributed by atoms with Crippen LogP contribution in [0.2, 0.25) is 5.02 Å². The average molecular weight is 431 g/mol. The molecule has 3 saturated heterocycles. The molecule has 27 heavy (non-hydrogen) atoms. The quantitative estimate of drug-likeness (QED) is 0.726. The van der Waals surface area contributed by atoms with Gasteiger partial charge in [-0.3, -0.25) is 4.79 Å². The summed E-state index contributed by atoms with van der Waals surface area (Å²) >= 11 is 7.60. The van der Waals surface area contributed by atoms with Gasteiger partial charge < -0.3 is 14.4 Å². The lowest BCUT2D eigenvalue weighted by Gasteiger charge is -2.25. The summed E-state index contributed by atoms with van der Waals surface area (Å²) in [5.74, 6) is 0.316. The van der Waals surface area contributed by atoms with Crippen LogP contribution in [0.3, 0.4) is 0 Å². The van der Waals surface area contributed by atoms with E-state index in [-0.39, 0.29) is 28.7 Å². The Hall–Kier alpha value is -1.29. The minimum atomic E-state index is -3.12. The number of rotatable bonds is 3. The van der Waals surface area contributed by atoms with E-state index in [1.54, 1.807) is 18.2 Å². The lowest BCUT2D eigenvalue weighted by atomic mass is 10.2. The Morgan fingerprint density at radius 2 is 2.22 bits per heavy atom. The Bertz CT molecular complexity index is 899. The predicted molar refractivity (Wildman–Crippen MR) is 106 cm³/mol. The molecule has 0 aliphatic carbocycles. The Balaban J connectivity index is 1.70. The normalized spacial score (nSPS) is 30.7. The third-order valence-electron chi connectivity index (χ3n) is 4.89. The number of thioether (sulfide) groups is 1. The number of fused-ring (bicyclic) bond motifs is 1. The maximum absolute atomic E-state index is 12.5. The summed E-state index contributed by atoms with van der Waals surface area (Å²) in [5, 5.41) is 0.752. The number of halogens is 1. The van der Waals surface area contributed by atoms with Crippen LogP contribution in [0.15, 0.2) is 23.2 Å². The number of ether oxygens (including phenoxy) is 2. The number of amidine groups is 1. The van der Waals surface area contributed by atoms with Gasteiger partial charge >= 0.3 is 0 Å². The van der Waals surface area contributed by atoms with Crippen molar-refractivity contribution in [1.29, 1.82) is 0 Å². The molecule has 146 valence electrons. The van der Waals surface area contributed by atoms with E-state index in [1.807, 2.05) is 4.90 Å². The van der Waals surface area contributed by atoms with Crippen molar-refractivity contribution in [3.8, 4) is 5.75 Å². The zero-order chi connectivity index (χ0) is 19.2. The number of aliphatic imine (C=N–C) groups is 1. The molecule has 3 heterocycles. The highest BCUT2D eigenvalue weighted by atomic mass is 35.5. The zero-order valence-electron chi connectivity index (χ0n) is 14.6. The van der Waals surface area contributed by atoms with Gasteiger partial charge in [-0.15, -0.1) is 0 Å². The first kappa shape index (κ1) is 19.0. The van der Waals surface area contributed by atoms with E-state index in [4.69, 9.17) is 21.1 Å². The second-order valence-electron chi connectivity index (χ2n) is 6.72. The van der Waals surface area contributed by atoms with Crippen LogP contribution in [0.25, 0.3) is 0 Å². The zero-order valence-corrected chi connectivity index (χ0v) is 17.0. The van der Waals surface area contributed by atoms with E-state index >= 15 is 0 Å². The van der Waals surface area contributed by atoms with E-state index in [9.17, 15) is 13.2 Å². The largest absolute Gasteiger partial charge is 0.495 e. The van der Waals surface area contributed by atoms with E-state index < -0.39 is 15.9 Å². The van der Waals surface area contributed by atoms with Crippen molar-refractivity contribution in [2.45, 2.75) is 30.2 Å². The number of hydrogen-bond acceptors (Lipinski definition) is 6. The van der Waals surface area contributed by atoms with E-state index in [0.717, 1.165) is 6.42 Å². The predicted octanol–water partition coefficient (Wildman–Crippen LogP) is 2.13. The van der Waals surface area contributed by atoms with Crippen LogP contribution in [-0.4, -0.2) is 62.1 Å². The summed E-state index contributed by atoms with van der Waals surface area (Å²) in [5.41, 5.74) is 0.691. The first-order chi connectivity index (χ1) is 12.9. The topological polar surface area (TPSA) is 85.3 Å². The number of nitrogens with zero attached hydrogens (tertiary/aromatic N) is 2. The summed E-state index contributed by atoms with van der Waals surface area (Å²) in [6, 6.07) is 4.95. The fourth-order valence-corrected chi connectivity index (χ4v) is 7.78. The van der Waals surface area contributed by atoms with Crippen LogP contribution in [0.5, 0.6) is 5.75 Å². The van der Waals surface area contributed by atoms with Crippen LogP contribution < -0.4 is 9.64 Å². The highest BCUT2D eigenvalue weighted by Crippen LogP contribution is 2.42. The number of amides is 1. The third-order valence-corrected chi connectivity index (χ3v) is 8.40. The van der Waals surface area contributed by atoms with E-state index in [0.29, 0.717) is 34.7 Å². The summed E-state index contributed by atoms with van der Waals surface area (Å²) in [7, 11) is -1.59. The van der Waals surface area contributed by atoms with Crippen LogP contribution in [0, 0.1) is 0 Å². The molecule has 0 aromatic heterocycles. The van der Waals surface area contributed by atoms with Gasteiger partial charge in [0.15, 0.2) is 15.0 Å². The van der Waals surface area contributed by atoms with Gasteiger partial charge in [0.05, 0.1) is 29.7 Å². The van der Waals surface area contributed by atoms with Crippen molar-refractivity contribution < 1.29 is 22.7 Å². The van der Waals surface area contributed by atoms with Gasteiger partial charge in [-0.05, 0) is 31.0 Å². The van der Waals surface area contributed by atoms with Crippen molar-refractivity contribution >= 4 is 50.0 Å². The second kappa shape index (κ2) is 7.27. The van der Waals surface area contributed by atoms with Gasteiger partial charge in [0.25, 0.3) is 5.91 Å². The monoisotopic (exact) mass is 430 g/mol. The summed E-state index contributed by atoms with van der Waals surface area (Å²) in [4.78, 5) is 18.6. The molecule has 3 aliphatic rings. The molecule has 0 unspecified atom stereocenters. The van der Waals surface area contributed by atoms with Crippen molar-refractivity contribution in [2.24, 2.45) is 4.99 Å². The highest BCUT2D eigenvalue weighted by Gasteiger charge is 2.49. The maximum atomic E-state index is 12.5. The average Bonchev–Trinajstić information content (AvgIpc) is 3.29. The third kappa shape index (κ3) is 3.70. The van der Waals surface area contributed by atoms with Gasteiger partial charge in [0.2, 0.25) is 0 Å². The molecule has 3 fully saturated rings. The molecule has 0 saturated carbocycles. The molecular weight excluding hydrogens is 412 g/mol. The summed E-state index contributed by atoms with van der Waals surface area (Å²) < 4.78 is 34.8. The molecule has 3 atom stereocenters. The van der Waals surface area contributed by atoms with Crippen molar-refractivity contribution in [2.75, 3.05) is 30.1 Å². The SMILES string of the molecule is COc1ccc(N2C(=NC(=O)[C@@H]3CCCO3)S[C@@H]3CS(=O)(=O)C[C@@H]32)cc1Cl. The summed E-state index contributed by atoms with van der Waals surface area (Å²) in [6.07, 6.45) is 0.995. The van der Waals surface area contributed by atoms with Gasteiger partial charge in [-0.2, -0.15) is 4.99 Å². The molecule has 1 aromatic rings. The first-order valence-electron chi connectivity index (χ1n) is 8.62. The molecule has 0 spiro atoms. The fourth-order valence-electron chi connectivity index (χ4n) is 3.61. The number of benzene rings is 1.